The highest BCUT2D eigenvalue weighted by atomic mass is 32.2. The lowest BCUT2D eigenvalue weighted by molar-refractivity contribution is -0.150. The minimum atomic E-state index is -0.577. The summed E-state index contributed by atoms with van der Waals surface area (Å²) in [5.74, 6) is -0.134. The number of esters is 1. The van der Waals surface area contributed by atoms with Crippen LogP contribution in [-0.2, 0) is 31.3 Å². The number of hydrogen-bond acceptors (Lipinski definition) is 6. The zero-order chi connectivity index (χ0) is 30.3. The standard InChI is InChI=1S/C35H46N2O5S/c38-26-35(19-11-12-20-35)37-32(39)22-29-17-9-1-2-10-18-30(21-27-13-5-3-6-14-27)34(41)42-23-31(36-33(29)40)25-43-24-28-15-7-4-8-16-28/h1,3-9,13-16,29-31,38H,2,10-12,17-26H2,(H,36,40)(H,37,39). The SMILES string of the molecule is O=C(CC1CC=CCCCC(Cc2ccccc2)C(=O)OCC(CSCc2ccccc2)NC1=O)NC1(CO)CCCC1. The number of thioether (sulfide) groups is 1. The molecule has 3 atom stereocenters. The molecule has 43 heavy (non-hydrogen) atoms. The summed E-state index contributed by atoms with van der Waals surface area (Å²) >= 11 is 1.68. The van der Waals surface area contributed by atoms with E-state index >= 15 is 0 Å². The highest BCUT2D eigenvalue weighted by Gasteiger charge is 2.35. The summed E-state index contributed by atoms with van der Waals surface area (Å²) in [7, 11) is 0. The number of cyclic esters (lactones) is 1. The summed E-state index contributed by atoms with van der Waals surface area (Å²) < 4.78 is 5.88. The molecule has 2 aliphatic rings. The molecule has 2 aromatic rings. The van der Waals surface area contributed by atoms with E-state index in [1.165, 1.54) is 5.56 Å². The Morgan fingerprint density at radius 2 is 1.65 bits per heavy atom. The summed E-state index contributed by atoms with van der Waals surface area (Å²) in [6.45, 7) is -0.00706. The predicted octanol–water partition coefficient (Wildman–Crippen LogP) is 5.36. The number of hydrogen-bond donors (Lipinski definition) is 3. The number of amides is 2. The van der Waals surface area contributed by atoms with Crippen molar-refractivity contribution in [3.05, 3.63) is 83.9 Å². The van der Waals surface area contributed by atoms with Gasteiger partial charge in [-0.2, -0.15) is 11.8 Å². The van der Waals surface area contributed by atoms with Crippen LogP contribution in [-0.4, -0.2) is 53.4 Å². The molecular weight excluding hydrogens is 560 g/mol. The predicted molar refractivity (Wildman–Crippen MR) is 171 cm³/mol. The van der Waals surface area contributed by atoms with Crippen LogP contribution in [0.4, 0.5) is 0 Å². The van der Waals surface area contributed by atoms with Gasteiger partial charge in [-0.05, 0) is 56.1 Å². The highest BCUT2D eigenvalue weighted by molar-refractivity contribution is 7.98. The van der Waals surface area contributed by atoms with E-state index in [2.05, 4.69) is 22.8 Å². The molecule has 4 rings (SSSR count). The zero-order valence-electron chi connectivity index (χ0n) is 25.0. The first-order valence-corrected chi connectivity index (χ1v) is 16.8. The summed E-state index contributed by atoms with van der Waals surface area (Å²) in [5.41, 5.74) is 1.71. The lowest BCUT2D eigenvalue weighted by Gasteiger charge is -2.29. The Balaban J connectivity index is 1.45. The number of carbonyl (C=O) groups excluding carboxylic acids is 3. The Morgan fingerprint density at radius 3 is 2.35 bits per heavy atom. The number of rotatable bonds is 10. The fraction of sp³-hybridized carbons (Fsp3) is 0.514. The molecule has 1 saturated carbocycles. The van der Waals surface area contributed by atoms with Crippen LogP contribution in [0.5, 0.6) is 0 Å². The first kappa shape index (κ1) is 32.8. The smallest absolute Gasteiger partial charge is 0.309 e. The van der Waals surface area contributed by atoms with Crippen LogP contribution in [0.15, 0.2) is 72.8 Å². The summed E-state index contributed by atoms with van der Waals surface area (Å²) in [6, 6.07) is 19.7. The molecule has 0 bridgehead atoms. The number of ether oxygens (including phenoxy) is 1. The first-order valence-electron chi connectivity index (χ1n) is 15.7. The Hall–Kier alpha value is -3.10. The van der Waals surface area contributed by atoms with E-state index in [-0.39, 0.29) is 43.3 Å². The van der Waals surface area contributed by atoms with Gasteiger partial charge in [0.15, 0.2) is 0 Å². The van der Waals surface area contributed by atoms with Crippen molar-refractivity contribution in [2.24, 2.45) is 11.8 Å². The van der Waals surface area contributed by atoms with E-state index < -0.39 is 17.5 Å². The third-order valence-electron chi connectivity index (χ3n) is 8.44. The Morgan fingerprint density at radius 1 is 0.953 bits per heavy atom. The molecule has 0 radical (unpaired) electrons. The lowest BCUT2D eigenvalue weighted by atomic mass is 9.93. The minimum absolute atomic E-state index is 0.0424. The summed E-state index contributed by atoms with van der Waals surface area (Å²) in [4.78, 5) is 40.0. The maximum Gasteiger partial charge on any atom is 0.309 e. The quantitative estimate of drug-likeness (QED) is 0.248. The first-order chi connectivity index (χ1) is 21.0. The third kappa shape index (κ3) is 10.8. The topological polar surface area (TPSA) is 105 Å². The van der Waals surface area contributed by atoms with Gasteiger partial charge in [-0.3, -0.25) is 14.4 Å². The molecule has 2 amide bonds. The second kappa shape index (κ2) is 17.3. The Kier molecular flexibility index (Phi) is 13.2. The van der Waals surface area contributed by atoms with Gasteiger partial charge in [-0.15, -0.1) is 0 Å². The Labute approximate surface area is 260 Å². The summed E-state index contributed by atoms with van der Waals surface area (Å²) in [6.07, 6.45) is 10.9. The largest absolute Gasteiger partial charge is 0.463 e. The number of nitrogens with one attached hydrogen (secondary N) is 2. The number of aliphatic hydroxyl groups excluding tert-OH is 1. The van der Waals surface area contributed by atoms with Crippen LogP contribution < -0.4 is 10.6 Å². The van der Waals surface area contributed by atoms with Gasteiger partial charge in [0.2, 0.25) is 11.8 Å². The molecule has 1 heterocycles. The van der Waals surface area contributed by atoms with Crippen molar-refractivity contribution in [2.75, 3.05) is 19.0 Å². The molecule has 7 nitrogen and oxygen atoms in total. The van der Waals surface area contributed by atoms with Crippen LogP contribution in [0.2, 0.25) is 0 Å². The molecule has 0 saturated heterocycles. The zero-order valence-corrected chi connectivity index (χ0v) is 25.9. The lowest BCUT2D eigenvalue weighted by Crippen LogP contribution is -2.50. The van der Waals surface area contributed by atoms with Gasteiger partial charge in [0.05, 0.1) is 30.0 Å². The fourth-order valence-electron chi connectivity index (χ4n) is 5.93. The van der Waals surface area contributed by atoms with E-state index in [9.17, 15) is 19.5 Å². The van der Waals surface area contributed by atoms with Crippen molar-refractivity contribution in [3.8, 4) is 0 Å². The molecule has 3 N–H and O–H groups in total. The van der Waals surface area contributed by atoms with E-state index in [4.69, 9.17) is 4.74 Å². The van der Waals surface area contributed by atoms with Crippen LogP contribution >= 0.6 is 11.8 Å². The second-order valence-electron chi connectivity index (χ2n) is 12.0. The van der Waals surface area contributed by atoms with Crippen LogP contribution in [0.1, 0.15) is 68.9 Å². The molecule has 1 aliphatic heterocycles. The van der Waals surface area contributed by atoms with Crippen molar-refractivity contribution in [3.63, 3.8) is 0 Å². The molecule has 8 heteroatoms. The molecule has 0 spiro atoms. The van der Waals surface area contributed by atoms with Crippen molar-refractivity contribution in [2.45, 2.75) is 81.5 Å². The van der Waals surface area contributed by atoms with E-state index in [1.807, 2.05) is 60.7 Å². The number of benzene rings is 2. The van der Waals surface area contributed by atoms with Crippen molar-refractivity contribution in [1.82, 2.24) is 10.6 Å². The number of aliphatic hydroxyl groups is 1. The maximum absolute atomic E-state index is 13.6. The van der Waals surface area contributed by atoms with Gasteiger partial charge in [0.1, 0.15) is 6.61 Å². The molecule has 2 aromatic carbocycles. The average Bonchev–Trinajstić information content (AvgIpc) is 3.49. The van der Waals surface area contributed by atoms with Gasteiger partial charge < -0.3 is 20.5 Å². The van der Waals surface area contributed by atoms with Crippen LogP contribution in [0.3, 0.4) is 0 Å². The van der Waals surface area contributed by atoms with Crippen molar-refractivity contribution >= 4 is 29.5 Å². The number of allylic oxidation sites excluding steroid dienone is 2. The number of carbonyl (C=O) groups is 3. The molecule has 1 fully saturated rings. The molecule has 3 unspecified atom stereocenters. The van der Waals surface area contributed by atoms with E-state index in [1.54, 1.807) is 11.8 Å². The van der Waals surface area contributed by atoms with Gasteiger partial charge in [-0.25, -0.2) is 0 Å². The fourth-order valence-corrected chi connectivity index (χ4v) is 6.94. The van der Waals surface area contributed by atoms with Crippen molar-refractivity contribution in [1.29, 1.82) is 0 Å². The summed E-state index contributed by atoms with van der Waals surface area (Å²) in [5, 5.41) is 16.1. The van der Waals surface area contributed by atoms with E-state index in [0.29, 0.717) is 25.0 Å². The molecule has 0 aromatic heterocycles. The maximum atomic E-state index is 13.6. The van der Waals surface area contributed by atoms with Gasteiger partial charge >= 0.3 is 5.97 Å². The van der Waals surface area contributed by atoms with Gasteiger partial charge in [0.25, 0.3) is 0 Å². The van der Waals surface area contributed by atoms with Crippen LogP contribution in [0, 0.1) is 11.8 Å². The minimum Gasteiger partial charge on any atom is -0.463 e. The van der Waals surface area contributed by atoms with Crippen LogP contribution in [0.25, 0.3) is 0 Å². The Bertz CT molecular complexity index is 1180. The van der Waals surface area contributed by atoms with Crippen molar-refractivity contribution < 1.29 is 24.2 Å². The monoisotopic (exact) mass is 606 g/mol. The third-order valence-corrected chi connectivity index (χ3v) is 9.62. The molecule has 1 aliphatic carbocycles. The van der Waals surface area contributed by atoms with Gasteiger partial charge in [0, 0.05) is 17.9 Å². The second-order valence-corrected chi connectivity index (χ2v) is 13.0. The molecular formula is C35H46N2O5S. The highest BCUT2D eigenvalue weighted by Crippen LogP contribution is 2.29. The van der Waals surface area contributed by atoms with E-state index in [0.717, 1.165) is 49.8 Å². The molecule has 232 valence electrons. The normalized spacial score (nSPS) is 23.1. The van der Waals surface area contributed by atoms with Gasteiger partial charge in [-0.1, -0.05) is 85.7 Å². The average molecular weight is 607 g/mol.